The van der Waals surface area contributed by atoms with E-state index in [1.54, 1.807) is 0 Å². The number of carbonyl (C=O) groups is 1. The smallest absolute Gasteiger partial charge is 0.220 e. The van der Waals surface area contributed by atoms with Crippen molar-refractivity contribution in [3.05, 3.63) is 48.6 Å². The largest absolute Gasteiger partial charge is 0.394 e. The maximum atomic E-state index is 13.4. The molecule has 2 aliphatic heterocycles. The van der Waals surface area contributed by atoms with Gasteiger partial charge in [0.15, 0.2) is 12.6 Å². The van der Waals surface area contributed by atoms with Crippen molar-refractivity contribution in [2.75, 3.05) is 19.8 Å². The van der Waals surface area contributed by atoms with Gasteiger partial charge in [0.25, 0.3) is 0 Å². The summed E-state index contributed by atoms with van der Waals surface area (Å²) in [6.45, 7) is 2.82. The van der Waals surface area contributed by atoms with Gasteiger partial charge in [0, 0.05) is 6.42 Å². The molecule has 2 heterocycles. The van der Waals surface area contributed by atoms with Crippen LogP contribution in [0.4, 0.5) is 0 Å². The third kappa shape index (κ3) is 50.4. The van der Waals surface area contributed by atoms with Crippen molar-refractivity contribution >= 4 is 5.91 Å². The maximum Gasteiger partial charge on any atom is 0.220 e. The molecule has 2 saturated heterocycles. The van der Waals surface area contributed by atoms with Gasteiger partial charge < -0.3 is 65.1 Å². The first kappa shape index (κ1) is 92.0. The molecule has 9 N–H and O–H groups in total. The summed E-state index contributed by atoms with van der Waals surface area (Å²) in [6.07, 6.45) is 74.5. The first-order valence-electron chi connectivity index (χ1n) is 41.9. The summed E-state index contributed by atoms with van der Waals surface area (Å²) in [5.74, 6) is -0.197. The normalized spacial score (nSPS) is 22.2. The number of ether oxygens (including phenoxy) is 4. The van der Waals surface area contributed by atoms with Crippen molar-refractivity contribution in [2.45, 2.75) is 460 Å². The quantitative estimate of drug-likeness (QED) is 0.0204. The Labute approximate surface area is 601 Å². The van der Waals surface area contributed by atoms with E-state index in [2.05, 4.69) is 67.8 Å². The number of hydrogen-bond acceptors (Lipinski definition) is 13. The van der Waals surface area contributed by atoms with Gasteiger partial charge in [-0.3, -0.25) is 4.79 Å². The Hall–Kier alpha value is -2.05. The number of carbonyl (C=O) groups excluding carboxylic acids is 1. The summed E-state index contributed by atoms with van der Waals surface area (Å²) < 4.78 is 23.0. The zero-order valence-corrected chi connectivity index (χ0v) is 63.3. The molecule has 0 aromatic carbocycles. The number of aliphatic hydroxyl groups excluding tert-OH is 8. The van der Waals surface area contributed by atoms with Gasteiger partial charge in [0.05, 0.1) is 32.0 Å². The average molecular weight is 1390 g/mol. The Morgan fingerprint density at radius 3 is 1.08 bits per heavy atom. The predicted octanol–water partition coefficient (Wildman–Crippen LogP) is 19.4. The lowest BCUT2D eigenvalue weighted by atomic mass is 9.97. The first-order valence-corrected chi connectivity index (χ1v) is 41.9. The van der Waals surface area contributed by atoms with E-state index < -0.39 is 86.8 Å². The minimum atomic E-state index is -1.78. The van der Waals surface area contributed by atoms with Gasteiger partial charge in [0.2, 0.25) is 5.91 Å². The highest BCUT2D eigenvalue weighted by Gasteiger charge is 2.51. The lowest BCUT2D eigenvalue weighted by Crippen LogP contribution is -2.65. The molecule has 0 spiro atoms. The molecule has 0 saturated carbocycles. The Kier molecular flexibility index (Phi) is 63.9. The first-order chi connectivity index (χ1) is 48.1. The molecular formula is C84H157NO13. The van der Waals surface area contributed by atoms with E-state index >= 15 is 0 Å². The highest BCUT2D eigenvalue weighted by atomic mass is 16.7. The third-order valence-corrected chi connectivity index (χ3v) is 20.6. The van der Waals surface area contributed by atoms with Crippen molar-refractivity contribution in [1.29, 1.82) is 0 Å². The molecule has 14 nitrogen and oxygen atoms in total. The fourth-order valence-electron chi connectivity index (χ4n) is 14.0. The molecular weight excluding hydrogens is 1230 g/mol. The summed E-state index contributed by atoms with van der Waals surface area (Å²) in [6, 6.07) is -0.829. The van der Waals surface area contributed by atoms with E-state index in [0.29, 0.717) is 12.8 Å². The van der Waals surface area contributed by atoms with E-state index in [1.165, 1.54) is 283 Å². The molecule has 0 aromatic rings. The summed E-state index contributed by atoms with van der Waals surface area (Å²) in [5.41, 5.74) is 0. The number of nitrogens with one attached hydrogen (secondary N) is 1. The molecule has 0 bridgehead atoms. The molecule has 2 rings (SSSR count). The monoisotopic (exact) mass is 1390 g/mol. The standard InChI is InChI=1S/C84H157NO13/c1-3-5-7-9-11-13-15-17-19-21-23-25-27-29-30-31-32-33-34-35-36-37-38-39-40-41-42-44-46-48-50-52-54-56-58-60-62-64-66-68-76(89)85-72(71-95-83-81(94)79(92)82(75(70-87)97-83)98-84-80(93)78(91)77(90)74(69-86)96-84)73(88)67-65-63-61-59-57-55-53-51-49-47-45-43-28-26-24-22-20-18-16-14-12-10-8-6-4-2/h5,7,11,13,17,19,23,25,72-75,77-84,86-88,90-94H,3-4,6,8-10,12,14-16,18,20-22,24,26-71H2,1-2H3,(H,85,89)/b7-5-,13-11-,19-17-,25-23-. The van der Waals surface area contributed by atoms with Gasteiger partial charge in [-0.15, -0.1) is 0 Å². The lowest BCUT2D eigenvalue weighted by Gasteiger charge is -2.46. The number of aliphatic hydroxyl groups is 8. The molecule has 0 aliphatic carbocycles. The molecule has 12 unspecified atom stereocenters. The van der Waals surface area contributed by atoms with Crippen molar-refractivity contribution in [3.8, 4) is 0 Å². The van der Waals surface area contributed by atoms with Gasteiger partial charge in [-0.25, -0.2) is 0 Å². The van der Waals surface area contributed by atoms with Crippen LogP contribution in [0, 0.1) is 0 Å². The molecule has 2 fully saturated rings. The fraction of sp³-hybridized carbons (Fsp3) is 0.893. The van der Waals surface area contributed by atoms with Crippen LogP contribution in [0.5, 0.6) is 0 Å². The van der Waals surface area contributed by atoms with Crippen LogP contribution in [-0.4, -0.2) is 140 Å². The number of hydrogen-bond donors (Lipinski definition) is 9. The summed E-state index contributed by atoms with van der Waals surface area (Å²) >= 11 is 0. The molecule has 2 aliphatic rings. The highest BCUT2D eigenvalue weighted by molar-refractivity contribution is 5.76. The maximum absolute atomic E-state index is 13.4. The van der Waals surface area contributed by atoms with Crippen LogP contribution in [0.25, 0.3) is 0 Å². The topological polar surface area (TPSA) is 228 Å². The lowest BCUT2D eigenvalue weighted by molar-refractivity contribution is -0.359. The summed E-state index contributed by atoms with van der Waals surface area (Å²) in [5, 5.41) is 87.9. The van der Waals surface area contributed by atoms with Crippen molar-refractivity contribution in [1.82, 2.24) is 5.32 Å². The number of amides is 1. The SMILES string of the molecule is CC/C=C\C/C=C\C/C=C\C/C=C\CCCCCCCCCCCCCCCCCCCCCCCCCCCCC(=O)NC(COC1OC(CO)C(OC2OC(CO)C(O)C(O)C2O)C(O)C1O)C(O)CCCCCCCCCCCCCCCCCCCCCCCCCCC. The minimum Gasteiger partial charge on any atom is -0.394 e. The van der Waals surface area contributed by atoms with E-state index in [-0.39, 0.29) is 12.5 Å². The molecule has 0 aromatic heterocycles. The Bertz CT molecular complexity index is 1830. The zero-order valence-electron chi connectivity index (χ0n) is 63.3. The molecule has 576 valence electrons. The Morgan fingerprint density at radius 1 is 0.378 bits per heavy atom. The molecule has 0 radical (unpaired) electrons. The fourth-order valence-corrected chi connectivity index (χ4v) is 14.0. The second-order valence-corrected chi connectivity index (χ2v) is 29.6. The number of unbranched alkanes of at least 4 members (excludes halogenated alkanes) is 50. The van der Waals surface area contributed by atoms with E-state index in [0.717, 1.165) is 77.0 Å². The van der Waals surface area contributed by atoms with Crippen molar-refractivity contribution in [3.63, 3.8) is 0 Å². The Morgan fingerprint density at radius 2 is 0.704 bits per heavy atom. The number of rotatable bonds is 71. The van der Waals surface area contributed by atoms with Crippen molar-refractivity contribution < 1.29 is 64.6 Å². The summed E-state index contributed by atoms with van der Waals surface area (Å²) in [7, 11) is 0. The zero-order chi connectivity index (χ0) is 70.8. The van der Waals surface area contributed by atoms with Gasteiger partial charge in [-0.1, -0.05) is 377 Å². The molecule has 1 amide bonds. The van der Waals surface area contributed by atoms with Gasteiger partial charge in [-0.05, 0) is 51.4 Å². The predicted molar refractivity (Wildman–Crippen MR) is 406 cm³/mol. The van der Waals surface area contributed by atoms with Crippen LogP contribution < -0.4 is 5.32 Å². The van der Waals surface area contributed by atoms with E-state index in [4.69, 9.17) is 18.9 Å². The Balaban J connectivity index is 1.56. The average Bonchev–Trinajstić information content (AvgIpc) is 0.793. The van der Waals surface area contributed by atoms with Crippen LogP contribution in [0.15, 0.2) is 48.6 Å². The van der Waals surface area contributed by atoms with Crippen LogP contribution >= 0.6 is 0 Å². The highest BCUT2D eigenvalue weighted by Crippen LogP contribution is 2.31. The molecule has 98 heavy (non-hydrogen) atoms. The minimum absolute atomic E-state index is 0.197. The second-order valence-electron chi connectivity index (χ2n) is 29.6. The number of allylic oxidation sites excluding steroid dienone is 8. The van der Waals surface area contributed by atoms with Crippen LogP contribution in [0.2, 0.25) is 0 Å². The second kappa shape index (κ2) is 68.1. The van der Waals surface area contributed by atoms with E-state index in [9.17, 15) is 45.6 Å². The van der Waals surface area contributed by atoms with Crippen LogP contribution in [0.3, 0.4) is 0 Å². The van der Waals surface area contributed by atoms with Gasteiger partial charge in [-0.2, -0.15) is 0 Å². The van der Waals surface area contributed by atoms with Crippen LogP contribution in [-0.2, 0) is 23.7 Å². The van der Waals surface area contributed by atoms with Gasteiger partial charge >= 0.3 is 0 Å². The summed E-state index contributed by atoms with van der Waals surface area (Å²) in [4.78, 5) is 13.4. The van der Waals surface area contributed by atoms with Crippen LogP contribution in [0.1, 0.15) is 386 Å². The van der Waals surface area contributed by atoms with Gasteiger partial charge in [0.1, 0.15) is 48.8 Å². The van der Waals surface area contributed by atoms with E-state index in [1.807, 2.05) is 0 Å². The molecule has 12 atom stereocenters. The molecule has 14 heteroatoms. The van der Waals surface area contributed by atoms with Crippen molar-refractivity contribution in [2.24, 2.45) is 0 Å². The third-order valence-electron chi connectivity index (χ3n) is 20.6.